The van der Waals surface area contributed by atoms with E-state index in [1.807, 2.05) is 55.3 Å². The number of carbonyl (C=O) groups excluding carboxylic acids is 2. The van der Waals surface area contributed by atoms with Crippen molar-refractivity contribution in [3.8, 4) is 5.75 Å². The molecule has 0 unspecified atom stereocenters. The third kappa shape index (κ3) is 6.32. The molecule has 0 aliphatic carbocycles. The number of piperidine rings is 1. The zero-order valence-electron chi connectivity index (χ0n) is 17.1. The molecule has 0 atom stereocenters. The van der Waals surface area contributed by atoms with Gasteiger partial charge >= 0.3 is 0 Å². The Morgan fingerprint density at radius 2 is 1.93 bits per heavy atom. The Kier molecular flexibility index (Phi) is 7.24. The summed E-state index contributed by atoms with van der Waals surface area (Å²) in [6.07, 6.45) is 4.82. The molecule has 29 heavy (non-hydrogen) atoms. The van der Waals surface area contributed by atoms with E-state index in [1.54, 1.807) is 11.1 Å². The number of aromatic nitrogens is 2. The number of carbonyl (C=O) groups is 2. The van der Waals surface area contributed by atoms with Gasteiger partial charge in [0.2, 0.25) is 5.91 Å². The van der Waals surface area contributed by atoms with Gasteiger partial charge in [0.1, 0.15) is 5.75 Å². The van der Waals surface area contributed by atoms with Crippen LogP contribution in [-0.2, 0) is 16.1 Å². The predicted octanol–water partition coefficient (Wildman–Crippen LogP) is 1.70. The van der Waals surface area contributed by atoms with Crippen LogP contribution in [0.4, 0.5) is 5.69 Å². The minimum absolute atomic E-state index is 0.00945. The Morgan fingerprint density at radius 1 is 1.21 bits per heavy atom. The second-order valence-corrected chi connectivity index (χ2v) is 7.54. The van der Waals surface area contributed by atoms with Crippen LogP contribution in [0.2, 0.25) is 0 Å². The number of anilines is 1. The Labute approximate surface area is 171 Å². The van der Waals surface area contributed by atoms with E-state index < -0.39 is 0 Å². The van der Waals surface area contributed by atoms with E-state index in [-0.39, 0.29) is 24.3 Å². The van der Waals surface area contributed by atoms with Gasteiger partial charge in [-0.25, -0.2) is 0 Å². The van der Waals surface area contributed by atoms with Crippen LogP contribution >= 0.6 is 0 Å². The van der Waals surface area contributed by atoms with Crippen molar-refractivity contribution in [2.45, 2.75) is 19.4 Å². The molecule has 2 heterocycles. The molecular formula is C21H29N5O3. The lowest BCUT2D eigenvalue weighted by Gasteiger charge is -2.31. The lowest BCUT2D eigenvalue weighted by atomic mass is 9.96. The zero-order valence-corrected chi connectivity index (χ0v) is 17.1. The highest BCUT2D eigenvalue weighted by Crippen LogP contribution is 2.20. The van der Waals surface area contributed by atoms with E-state index in [0.29, 0.717) is 37.4 Å². The summed E-state index contributed by atoms with van der Waals surface area (Å²) in [7, 11) is 4.02. The number of hydrogen-bond donors (Lipinski definition) is 1. The number of hydrogen-bond acceptors (Lipinski definition) is 5. The third-order valence-corrected chi connectivity index (χ3v) is 5.00. The molecule has 1 fully saturated rings. The smallest absolute Gasteiger partial charge is 0.260 e. The van der Waals surface area contributed by atoms with Gasteiger partial charge in [-0.15, -0.1) is 0 Å². The first-order chi connectivity index (χ1) is 14.0. The summed E-state index contributed by atoms with van der Waals surface area (Å²) >= 11 is 0. The quantitative estimate of drug-likeness (QED) is 0.731. The van der Waals surface area contributed by atoms with Gasteiger partial charge in [-0.1, -0.05) is 18.2 Å². The minimum Gasteiger partial charge on any atom is -0.484 e. The molecular weight excluding hydrogens is 370 g/mol. The summed E-state index contributed by atoms with van der Waals surface area (Å²) in [6.45, 7) is 2.81. The normalized spacial score (nSPS) is 14.8. The summed E-state index contributed by atoms with van der Waals surface area (Å²) < 4.78 is 7.35. The summed E-state index contributed by atoms with van der Waals surface area (Å²) in [5.74, 6) is 0.528. The summed E-state index contributed by atoms with van der Waals surface area (Å²) in [5.41, 5.74) is 0.712. The van der Waals surface area contributed by atoms with Crippen LogP contribution < -0.4 is 10.1 Å². The topological polar surface area (TPSA) is 79.7 Å². The Morgan fingerprint density at radius 3 is 2.62 bits per heavy atom. The maximum Gasteiger partial charge on any atom is 0.260 e. The maximum absolute atomic E-state index is 12.5. The SMILES string of the molecule is CN(C)CCn1cc(NC(=O)C2CCN(C(=O)COc3ccccc3)CC2)cn1. The molecule has 1 aliphatic rings. The van der Waals surface area contributed by atoms with E-state index in [2.05, 4.69) is 15.3 Å². The van der Waals surface area contributed by atoms with Crippen LogP contribution in [0.3, 0.4) is 0 Å². The molecule has 2 aromatic rings. The predicted molar refractivity (Wildman–Crippen MR) is 111 cm³/mol. The van der Waals surface area contributed by atoms with E-state index in [4.69, 9.17) is 4.74 Å². The molecule has 1 aliphatic heterocycles. The molecule has 156 valence electrons. The van der Waals surface area contributed by atoms with Crippen LogP contribution in [0, 0.1) is 5.92 Å². The lowest BCUT2D eigenvalue weighted by Crippen LogP contribution is -2.43. The highest BCUT2D eigenvalue weighted by Gasteiger charge is 2.27. The highest BCUT2D eigenvalue weighted by atomic mass is 16.5. The number of rotatable bonds is 8. The number of nitrogens with zero attached hydrogens (tertiary/aromatic N) is 4. The second kappa shape index (κ2) is 10.1. The fourth-order valence-electron chi connectivity index (χ4n) is 3.24. The number of likely N-dealkylation sites (tertiary alicyclic amines) is 1. The number of nitrogens with one attached hydrogen (secondary N) is 1. The summed E-state index contributed by atoms with van der Waals surface area (Å²) in [5, 5.41) is 7.22. The lowest BCUT2D eigenvalue weighted by molar-refractivity contribution is -0.136. The average molecular weight is 399 g/mol. The van der Waals surface area contributed by atoms with Crippen LogP contribution in [0.1, 0.15) is 12.8 Å². The third-order valence-electron chi connectivity index (χ3n) is 5.00. The standard InChI is InChI=1S/C21H29N5O3/c1-24(2)12-13-26-15-18(14-22-26)23-21(28)17-8-10-25(11-9-17)20(27)16-29-19-6-4-3-5-7-19/h3-7,14-15,17H,8-13,16H2,1-2H3,(H,23,28). The van der Waals surface area contributed by atoms with Gasteiger partial charge in [0.15, 0.2) is 6.61 Å². The molecule has 2 amide bonds. The van der Waals surface area contributed by atoms with Crippen molar-refractivity contribution in [3.63, 3.8) is 0 Å². The molecule has 1 saturated heterocycles. The monoisotopic (exact) mass is 399 g/mol. The van der Waals surface area contributed by atoms with Crippen molar-refractivity contribution in [3.05, 3.63) is 42.7 Å². The number of ether oxygens (including phenoxy) is 1. The second-order valence-electron chi connectivity index (χ2n) is 7.54. The number of para-hydroxylation sites is 1. The molecule has 0 bridgehead atoms. The Hall–Kier alpha value is -2.87. The highest BCUT2D eigenvalue weighted by molar-refractivity contribution is 5.92. The van der Waals surface area contributed by atoms with Gasteiger partial charge in [0.05, 0.1) is 18.4 Å². The maximum atomic E-state index is 12.5. The van der Waals surface area contributed by atoms with E-state index in [0.717, 1.165) is 13.1 Å². The van der Waals surface area contributed by atoms with Crippen LogP contribution in [0.25, 0.3) is 0 Å². The van der Waals surface area contributed by atoms with Gasteiger partial charge in [0, 0.05) is 31.7 Å². The molecule has 1 aromatic carbocycles. The molecule has 1 N–H and O–H groups in total. The first-order valence-corrected chi connectivity index (χ1v) is 9.95. The number of benzene rings is 1. The molecule has 0 spiro atoms. The van der Waals surface area contributed by atoms with Crippen molar-refractivity contribution in [2.24, 2.45) is 5.92 Å². The van der Waals surface area contributed by atoms with Crippen molar-refractivity contribution >= 4 is 17.5 Å². The van der Waals surface area contributed by atoms with Gasteiger partial charge in [-0.3, -0.25) is 14.3 Å². The fraction of sp³-hybridized carbons (Fsp3) is 0.476. The Bertz CT molecular complexity index is 798. The molecule has 1 aromatic heterocycles. The molecule has 0 saturated carbocycles. The van der Waals surface area contributed by atoms with E-state index in [1.165, 1.54) is 0 Å². The largest absolute Gasteiger partial charge is 0.484 e. The first kappa shape index (κ1) is 20.9. The summed E-state index contributed by atoms with van der Waals surface area (Å²) in [6, 6.07) is 9.30. The Balaban J connectivity index is 1.40. The average Bonchev–Trinajstić information content (AvgIpc) is 3.18. The minimum atomic E-state index is -0.0979. The van der Waals surface area contributed by atoms with Gasteiger partial charge in [-0.2, -0.15) is 5.10 Å². The van der Waals surface area contributed by atoms with Crippen molar-refractivity contribution in [2.75, 3.05) is 45.7 Å². The molecule has 3 rings (SSSR count). The van der Waals surface area contributed by atoms with Crippen LogP contribution in [0.5, 0.6) is 5.75 Å². The fourth-order valence-corrected chi connectivity index (χ4v) is 3.24. The van der Waals surface area contributed by atoms with E-state index in [9.17, 15) is 9.59 Å². The molecule has 8 nitrogen and oxygen atoms in total. The van der Waals surface area contributed by atoms with Crippen molar-refractivity contribution in [1.82, 2.24) is 19.6 Å². The van der Waals surface area contributed by atoms with Gasteiger partial charge in [-0.05, 0) is 39.1 Å². The first-order valence-electron chi connectivity index (χ1n) is 9.95. The van der Waals surface area contributed by atoms with Crippen LogP contribution in [0.15, 0.2) is 42.7 Å². The zero-order chi connectivity index (χ0) is 20.6. The van der Waals surface area contributed by atoms with E-state index >= 15 is 0 Å². The summed E-state index contributed by atoms with van der Waals surface area (Å²) in [4.78, 5) is 28.7. The van der Waals surface area contributed by atoms with Gasteiger partial charge < -0.3 is 19.9 Å². The van der Waals surface area contributed by atoms with Crippen LogP contribution in [-0.4, -0.2) is 71.7 Å². The number of likely N-dealkylation sites (N-methyl/N-ethyl adjacent to an activating group) is 1. The molecule has 8 heteroatoms. The van der Waals surface area contributed by atoms with Crippen molar-refractivity contribution < 1.29 is 14.3 Å². The van der Waals surface area contributed by atoms with Crippen molar-refractivity contribution in [1.29, 1.82) is 0 Å². The van der Waals surface area contributed by atoms with Gasteiger partial charge in [0.25, 0.3) is 5.91 Å². The molecule has 0 radical (unpaired) electrons. The number of amides is 2.